The maximum atomic E-state index is 12.4. The molecule has 1 aromatic heterocycles. The molecule has 2 amide bonds. The van der Waals surface area contributed by atoms with E-state index in [4.69, 9.17) is 34.8 Å². The Bertz CT molecular complexity index is 990. The van der Waals surface area contributed by atoms with Crippen molar-refractivity contribution in [3.05, 3.63) is 87.1 Å². The van der Waals surface area contributed by atoms with Crippen LogP contribution in [0.4, 0.5) is 11.4 Å². The third-order valence-electron chi connectivity index (χ3n) is 3.53. The van der Waals surface area contributed by atoms with Crippen molar-refractivity contribution in [2.24, 2.45) is 0 Å². The van der Waals surface area contributed by atoms with Crippen LogP contribution in [0.15, 0.2) is 60.7 Å². The van der Waals surface area contributed by atoms with Gasteiger partial charge in [-0.05, 0) is 42.5 Å². The number of benzene rings is 2. The average molecular weight is 421 g/mol. The molecule has 0 saturated carbocycles. The van der Waals surface area contributed by atoms with Gasteiger partial charge in [-0.3, -0.25) is 9.59 Å². The van der Waals surface area contributed by atoms with Crippen molar-refractivity contribution in [3.8, 4) is 0 Å². The third kappa shape index (κ3) is 4.98. The van der Waals surface area contributed by atoms with Gasteiger partial charge in [0.25, 0.3) is 11.8 Å². The summed E-state index contributed by atoms with van der Waals surface area (Å²) < 4.78 is 0. The Morgan fingerprint density at radius 3 is 2.04 bits per heavy atom. The predicted octanol–water partition coefficient (Wildman–Crippen LogP) is 5.55. The second-order valence-corrected chi connectivity index (χ2v) is 6.65. The number of nitrogens with one attached hydrogen (secondary N) is 2. The first-order valence-electron chi connectivity index (χ1n) is 7.73. The van der Waals surface area contributed by atoms with Crippen LogP contribution < -0.4 is 10.6 Å². The molecule has 3 rings (SSSR count). The van der Waals surface area contributed by atoms with E-state index in [1.165, 1.54) is 24.3 Å². The Morgan fingerprint density at radius 2 is 1.37 bits per heavy atom. The molecule has 2 N–H and O–H groups in total. The van der Waals surface area contributed by atoms with Gasteiger partial charge in [0.1, 0.15) is 10.3 Å². The molecular weight excluding hydrogens is 409 g/mol. The first kappa shape index (κ1) is 19.2. The van der Waals surface area contributed by atoms with Crippen LogP contribution in [0.2, 0.25) is 15.3 Å². The van der Waals surface area contributed by atoms with Crippen molar-refractivity contribution < 1.29 is 9.59 Å². The first-order valence-corrected chi connectivity index (χ1v) is 8.86. The molecule has 27 heavy (non-hydrogen) atoms. The van der Waals surface area contributed by atoms with Crippen LogP contribution in [0.25, 0.3) is 0 Å². The van der Waals surface area contributed by atoms with Crippen LogP contribution in [0.3, 0.4) is 0 Å². The standard InChI is InChI=1S/C19H12Cl3N3O2/c20-14-7-6-11(18(26)23-13-4-2-1-3-5-13)8-15(14)24-19(27)12-9-16(21)25-17(22)10-12/h1-10H,(H,23,26)(H,24,27). The van der Waals surface area contributed by atoms with Gasteiger partial charge in [-0.2, -0.15) is 0 Å². The monoisotopic (exact) mass is 419 g/mol. The van der Waals surface area contributed by atoms with Gasteiger partial charge in [-0.25, -0.2) is 4.98 Å². The maximum absolute atomic E-state index is 12.4. The van der Waals surface area contributed by atoms with Gasteiger partial charge in [0.15, 0.2) is 0 Å². The molecule has 0 spiro atoms. The van der Waals surface area contributed by atoms with E-state index in [9.17, 15) is 9.59 Å². The molecule has 0 aliphatic heterocycles. The molecule has 0 unspecified atom stereocenters. The number of halogens is 3. The summed E-state index contributed by atoms with van der Waals surface area (Å²) in [5, 5.41) is 5.88. The zero-order valence-corrected chi connectivity index (χ0v) is 15.9. The molecule has 8 heteroatoms. The van der Waals surface area contributed by atoms with E-state index in [2.05, 4.69) is 15.6 Å². The van der Waals surface area contributed by atoms with Crippen molar-refractivity contribution in [1.29, 1.82) is 0 Å². The number of anilines is 2. The van der Waals surface area contributed by atoms with E-state index >= 15 is 0 Å². The van der Waals surface area contributed by atoms with Gasteiger partial charge >= 0.3 is 0 Å². The van der Waals surface area contributed by atoms with E-state index in [0.717, 1.165) is 0 Å². The smallest absolute Gasteiger partial charge is 0.255 e. The molecule has 0 fully saturated rings. The minimum Gasteiger partial charge on any atom is -0.322 e. The zero-order valence-electron chi connectivity index (χ0n) is 13.7. The maximum Gasteiger partial charge on any atom is 0.255 e. The molecule has 1 heterocycles. The molecule has 0 saturated heterocycles. The summed E-state index contributed by atoms with van der Waals surface area (Å²) in [5.74, 6) is -0.813. The van der Waals surface area contributed by atoms with E-state index in [1.807, 2.05) is 18.2 Å². The Hall–Kier alpha value is -2.60. The van der Waals surface area contributed by atoms with Crippen molar-refractivity contribution >= 4 is 58.0 Å². The SMILES string of the molecule is O=C(Nc1ccccc1)c1ccc(Cl)c(NC(=O)c2cc(Cl)nc(Cl)c2)c1. The van der Waals surface area contributed by atoms with Gasteiger partial charge < -0.3 is 10.6 Å². The van der Waals surface area contributed by atoms with Crippen molar-refractivity contribution in [2.45, 2.75) is 0 Å². The van der Waals surface area contributed by atoms with Crippen molar-refractivity contribution in [1.82, 2.24) is 4.98 Å². The van der Waals surface area contributed by atoms with Gasteiger partial charge in [-0.15, -0.1) is 0 Å². The summed E-state index contributed by atoms with van der Waals surface area (Å²) in [4.78, 5) is 28.6. The highest BCUT2D eigenvalue weighted by Crippen LogP contribution is 2.25. The van der Waals surface area contributed by atoms with E-state index in [-0.39, 0.29) is 32.5 Å². The topological polar surface area (TPSA) is 71.1 Å². The fourth-order valence-corrected chi connectivity index (χ4v) is 2.90. The Kier molecular flexibility index (Phi) is 5.96. The molecule has 0 atom stereocenters. The fraction of sp³-hybridized carbons (Fsp3) is 0. The summed E-state index contributed by atoms with van der Waals surface area (Å²) in [7, 11) is 0. The van der Waals surface area contributed by atoms with E-state index < -0.39 is 5.91 Å². The molecule has 0 radical (unpaired) electrons. The Morgan fingerprint density at radius 1 is 0.741 bits per heavy atom. The number of carbonyl (C=O) groups excluding carboxylic acids is 2. The molecule has 2 aromatic carbocycles. The summed E-state index contributed by atoms with van der Waals surface area (Å²) >= 11 is 17.8. The lowest BCUT2D eigenvalue weighted by molar-refractivity contribution is 0.101. The number of hydrogen-bond acceptors (Lipinski definition) is 3. The minimum atomic E-state index is -0.483. The van der Waals surface area contributed by atoms with Crippen molar-refractivity contribution in [3.63, 3.8) is 0 Å². The Balaban J connectivity index is 1.80. The van der Waals surface area contributed by atoms with Crippen LogP contribution in [-0.4, -0.2) is 16.8 Å². The summed E-state index contributed by atoms with van der Waals surface area (Å²) in [6.45, 7) is 0. The second-order valence-electron chi connectivity index (χ2n) is 5.47. The molecule has 0 aliphatic carbocycles. The summed E-state index contributed by atoms with van der Waals surface area (Å²) in [6, 6.07) is 16.4. The third-order valence-corrected chi connectivity index (χ3v) is 4.25. The number of pyridine rings is 1. The van der Waals surface area contributed by atoms with Gasteiger partial charge in [-0.1, -0.05) is 53.0 Å². The van der Waals surface area contributed by atoms with E-state index in [1.54, 1.807) is 18.2 Å². The van der Waals surface area contributed by atoms with Crippen LogP contribution in [-0.2, 0) is 0 Å². The quantitative estimate of drug-likeness (QED) is 0.544. The summed E-state index contributed by atoms with van der Waals surface area (Å²) in [5.41, 5.74) is 1.50. The molecule has 136 valence electrons. The van der Waals surface area contributed by atoms with E-state index in [0.29, 0.717) is 11.3 Å². The highest BCUT2D eigenvalue weighted by atomic mass is 35.5. The number of aromatic nitrogens is 1. The van der Waals surface area contributed by atoms with Crippen LogP contribution in [0.5, 0.6) is 0 Å². The second kappa shape index (κ2) is 8.39. The number of carbonyl (C=O) groups is 2. The lowest BCUT2D eigenvalue weighted by Crippen LogP contribution is -2.15. The van der Waals surface area contributed by atoms with Crippen molar-refractivity contribution in [2.75, 3.05) is 10.6 Å². The lowest BCUT2D eigenvalue weighted by atomic mass is 10.1. The van der Waals surface area contributed by atoms with Gasteiger partial charge in [0.2, 0.25) is 0 Å². The minimum absolute atomic E-state index is 0.0923. The number of rotatable bonds is 4. The summed E-state index contributed by atoms with van der Waals surface area (Å²) in [6.07, 6.45) is 0. The molecule has 5 nitrogen and oxygen atoms in total. The normalized spacial score (nSPS) is 10.3. The highest BCUT2D eigenvalue weighted by molar-refractivity contribution is 6.35. The van der Waals surface area contributed by atoms with Crippen LogP contribution in [0.1, 0.15) is 20.7 Å². The largest absolute Gasteiger partial charge is 0.322 e. The predicted molar refractivity (Wildman–Crippen MR) is 108 cm³/mol. The number of nitrogens with zero attached hydrogens (tertiary/aromatic N) is 1. The van der Waals surface area contributed by atoms with Crippen LogP contribution >= 0.6 is 34.8 Å². The molecule has 3 aromatic rings. The first-order chi connectivity index (χ1) is 12.9. The number of hydrogen-bond donors (Lipinski definition) is 2. The van der Waals surface area contributed by atoms with Gasteiger partial charge in [0.05, 0.1) is 10.7 Å². The van der Waals surface area contributed by atoms with Gasteiger partial charge in [0, 0.05) is 16.8 Å². The average Bonchev–Trinajstić information content (AvgIpc) is 2.63. The zero-order chi connectivity index (χ0) is 19.4. The number of amides is 2. The molecule has 0 aliphatic rings. The molecule has 0 bridgehead atoms. The number of para-hydroxylation sites is 1. The molecular formula is C19H12Cl3N3O2. The lowest BCUT2D eigenvalue weighted by Gasteiger charge is -2.10. The Labute approximate surface area is 170 Å². The fourth-order valence-electron chi connectivity index (χ4n) is 2.28. The highest BCUT2D eigenvalue weighted by Gasteiger charge is 2.14. The van der Waals surface area contributed by atoms with Crippen LogP contribution in [0, 0.1) is 0 Å².